The van der Waals surface area contributed by atoms with E-state index < -0.39 is 35.3 Å². The zero-order valence-corrected chi connectivity index (χ0v) is 23.6. The van der Waals surface area contributed by atoms with Gasteiger partial charge in [-0.15, -0.1) is 11.3 Å². The maximum Gasteiger partial charge on any atom is 0.332 e. The number of carbonyl (C=O) groups is 1. The number of benzene rings is 1. The van der Waals surface area contributed by atoms with Crippen LogP contribution in [0, 0.1) is 12.8 Å². The van der Waals surface area contributed by atoms with Crippen molar-refractivity contribution in [2.75, 3.05) is 20.3 Å². The number of aryl methyl sites for hydroxylation is 1. The number of aliphatic carboxylic acids is 1. The molecule has 2 aliphatic rings. The number of para-hydroxylation sites is 1. The number of fused-ring (bicyclic) bond motifs is 1. The molecule has 41 heavy (non-hydrogen) atoms. The molecule has 0 spiro atoms. The second kappa shape index (κ2) is 11.3. The van der Waals surface area contributed by atoms with Crippen LogP contribution in [0.15, 0.2) is 50.7 Å². The highest BCUT2D eigenvalue weighted by atomic mass is 32.1. The van der Waals surface area contributed by atoms with Crippen molar-refractivity contribution in [1.82, 2.24) is 14.1 Å². The second-order valence-electron chi connectivity index (χ2n) is 10.5. The molecule has 1 aliphatic heterocycles. The SMILES string of the molecule is COc1ccccc1[C@@H](Cn1c(=O)n(C2CC(C(=O)O)C2)c(=O)c2c(C)c(-c3ncco3)sc21)OC1CCOCC1. The van der Waals surface area contributed by atoms with Crippen LogP contribution in [0.25, 0.3) is 21.0 Å². The molecule has 0 amide bonds. The van der Waals surface area contributed by atoms with Gasteiger partial charge in [0.1, 0.15) is 22.9 Å². The molecular formula is C29H31N3O8S. The average Bonchev–Trinajstić information content (AvgIpc) is 3.60. The predicted molar refractivity (Wildman–Crippen MR) is 151 cm³/mol. The molecule has 4 aromatic rings. The highest BCUT2D eigenvalue weighted by Crippen LogP contribution is 2.40. The normalized spacial score (nSPS) is 20.1. The van der Waals surface area contributed by atoms with Gasteiger partial charge >= 0.3 is 11.7 Å². The van der Waals surface area contributed by atoms with Crippen molar-refractivity contribution in [3.63, 3.8) is 0 Å². The summed E-state index contributed by atoms with van der Waals surface area (Å²) in [7, 11) is 1.59. The third-order valence-corrected chi connectivity index (χ3v) is 9.36. The van der Waals surface area contributed by atoms with E-state index in [0.717, 1.165) is 18.4 Å². The first-order chi connectivity index (χ1) is 19.9. The summed E-state index contributed by atoms with van der Waals surface area (Å²) in [5.74, 6) is -0.508. The second-order valence-corrected chi connectivity index (χ2v) is 11.5. The minimum Gasteiger partial charge on any atom is -0.496 e. The monoisotopic (exact) mass is 581 g/mol. The van der Waals surface area contributed by atoms with Crippen LogP contribution in [0.1, 0.15) is 49.0 Å². The Labute approximate surface area is 238 Å². The van der Waals surface area contributed by atoms with Gasteiger partial charge in [0.15, 0.2) is 0 Å². The van der Waals surface area contributed by atoms with Crippen LogP contribution >= 0.6 is 11.3 Å². The maximum absolute atomic E-state index is 14.2. The summed E-state index contributed by atoms with van der Waals surface area (Å²) in [6.45, 7) is 3.12. The van der Waals surface area contributed by atoms with E-state index in [2.05, 4.69) is 4.98 Å². The Bertz CT molecular complexity index is 1680. The van der Waals surface area contributed by atoms with E-state index in [9.17, 15) is 19.5 Å². The molecule has 2 fully saturated rings. The van der Waals surface area contributed by atoms with Crippen LogP contribution in [0.2, 0.25) is 0 Å². The summed E-state index contributed by atoms with van der Waals surface area (Å²) < 4.78 is 26.2. The molecule has 0 radical (unpaired) electrons. The van der Waals surface area contributed by atoms with Gasteiger partial charge in [-0.25, -0.2) is 9.78 Å². The zero-order chi connectivity index (χ0) is 28.7. The number of carboxylic acids is 1. The number of methoxy groups -OCH3 is 1. The van der Waals surface area contributed by atoms with Gasteiger partial charge in [-0.1, -0.05) is 18.2 Å². The fourth-order valence-corrected chi connectivity index (χ4v) is 6.99. The summed E-state index contributed by atoms with van der Waals surface area (Å²) in [4.78, 5) is 45.0. The standard InChI is InChI=1S/C29H31N3O8S/c1-16-23-26(33)32(18-13-17(14-18)28(34)35)29(36)31(27(23)41-24(16)25-30-9-12-39-25)15-22(40-19-7-10-38-11-8-19)20-5-3-4-6-21(20)37-2/h3-6,9,12,17-19,22H,7-8,10-11,13-15H2,1-2H3,(H,34,35)/t17?,18?,22-/m1/s1. The van der Waals surface area contributed by atoms with Crippen LogP contribution in [0.5, 0.6) is 5.75 Å². The van der Waals surface area contributed by atoms with Crippen LogP contribution in [0.3, 0.4) is 0 Å². The average molecular weight is 582 g/mol. The molecule has 1 aliphatic carbocycles. The summed E-state index contributed by atoms with van der Waals surface area (Å²) in [6.07, 6.45) is 4.24. The smallest absolute Gasteiger partial charge is 0.332 e. The lowest BCUT2D eigenvalue weighted by molar-refractivity contribution is -0.146. The number of ether oxygens (including phenoxy) is 3. The Kier molecular flexibility index (Phi) is 7.54. The fraction of sp³-hybridized carbons (Fsp3) is 0.448. The molecule has 4 heterocycles. The lowest BCUT2D eigenvalue weighted by Crippen LogP contribution is -2.47. The Hall–Kier alpha value is -3.74. The number of aromatic nitrogens is 3. The topological polar surface area (TPSA) is 135 Å². The molecule has 1 saturated carbocycles. The first-order valence-electron chi connectivity index (χ1n) is 13.6. The third kappa shape index (κ3) is 5.00. The molecule has 6 rings (SSSR count). The lowest BCUT2D eigenvalue weighted by Gasteiger charge is -2.34. The summed E-state index contributed by atoms with van der Waals surface area (Å²) in [5, 5.41) is 9.84. The number of rotatable bonds is 9. The van der Waals surface area contributed by atoms with Crippen molar-refractivity contribution < 1.29 is 28.5 Å². The van der Waals surface area contributed by atoms with Crippen LogP contribution < -0.4 is 16.0 Å². The molecule has 12 heteroatoms. The van der Waals surface area contributed by atoms with Crippen molar-refractivity contribution in [3.8, 4) is 16.5 Å². The first kappa shape index (κ1) is 27.4. The van der Waals surface area contributed by atoms with Crippen LogP contribution in [-0.2, 0) is 20.8 Å². The van der Waals surface area contributed by atoms with Crippen molar-refractivity contribution in [1.29, 1.82) is 0 Å². The Morgan fingerprint density at radius 1 is 1.22 bits per heavy atom. The van der Waals surface area contributed by atoms with Gasteiger partial charge in [-0.2, -0.15) is 0 Å². The van der Waals surface area contributed by atoms with E-state index in [1.54, 1.807) is 11.7 Å². The van der Waals surface area contributed by atoms with E-state index in [0.29, 0.717) is 45.5 Å². The van der Waals surface area contributed by atoms with E-state index in [4.69, 9.17) is 18.6 Å². The Balaban J connectivity index is 1.52. The van der Waals surface area contributed by atoms with Gasteiger partial charge in [0.2, 0.25) is 5.89 Å². The van der Waals surface area contributed by atoms with Crippen molar-refractivity contribution in [3.05, 3.63) is 68.7 Å². The molecule has 0 unspecified atom stereocenters. The lowest BCUT2D eigenvalue weighted by atomic mass is 9.80. The molecule has 1 aromatic carbocycles. The Morgan fingerprint density at radius 2 is 1.98 bits per heavy atom. The van der Waals surface area contributed by atoms with Gasteiger partial charge in [0, 0.05) is 24.8 Å². The largest absolute Gasteiger partial charge is 0.496 e. The van der Waals surface area contributed by atoms with Gasteiger partial charge in [0.25, 0.3) is 5.56 Å². The number of hydrogen-bond donors (Lipinski definition) is 1. The van der Waals surface area contributed by atoms with Crippen LogP contribution in [-0.4, -0.2) is 51.6 Å². The zero-order valence-electron chi connectivity index (χ0n) is 22.8. The summed E-state index contributed by atoms with van der Waals surface area (Å²) in [5.41, 5.74) is 0.524. The predicted octanol–water partition coefficient (Wildman–Crippen LogP) is 4.17. The fourth-order valence-electron chi connectivity index (χ4n) is 5.74. The number of oxazole rings is 1. The number of thiophene rings is 1. The van der Waals surface area contributed by atoms with E-state index >= 15 is 0 Å². The number of nitrogens with zero attached hydrogens (tertiary/aromatic N) is 3. The molecule has 1 atom stereocenters. The molecule has 3 aromatic heterocycles. The third-order valence-electron chi connectivity index (χ3n) is 8.06. The molecule has 11 nitrogen and oxygen atoms in total. The summed E-state index contributed by atoms with van der Waals surface area (Å²) >= 11 is 1.27. The van der Waals surface area contributed by atoms with E-state index in [1.165, 1.54) is 28.4 Å². The molecule has 1 N–H and O–H groups in total. The maximum atomic E-state index is 14.2. The Morgan fingerprint density at radius 3 is 2.66 bits per heavy atom. The van der Waals surface area contributed by atoms with Gasteiger partial charge < -0.3 is 23.7 Å². The highest BCUT2D eigenvalue weighted by molar-refractivity contribution is 7.22. The molecule has 216 valence electrons. The van der Waals surface area contributed by atoms with Crippen LogP contribution in [0.4, 0.5) is 0 Å². The van der Waals surface area contributed by atoms with E-state index in [1.807, 2.05) is 31.2 Å². The molecule has 0 bridgehead atoms. The molecular weight excluding hydrogens is 550 g/mol. The van der Waals surface area contributed by atoms with Gasteiger partial charge in [-0.3, -0.25) is 18.7 Å². The number of hydrogen-bond acceptors (Lipinski definition) is 9. The van der Waals surface area contributed by atoms with Crippen molar-refractivity contribution >= 4 is 27.5 Å². The minimum absolute atomic E-state index is 0.0772. The van der Waals surface area contributed by atoms with Gasteiger partial charge in [0.05, 0.1) is 42.1 Å². The minimum atomic E-state index is -0.922. The van der Waals surface area contributed by atoms with E-state index in [-0.39, 0.29) is 25.5 Å². The van der Waals surface area contributed by atoms with Crippen molar-refractivity contribution in [2.24, 2.45) is 5.92 Å². The number of carboxylic acid groups (broad SMARTS) is 1. The summed E-state index contributed by atoms with van der Waals surface area (Å²) in [6, 6.07) is 7.04. The van der Waals surface area contributed by atoms with Gasteiger partial charge in [-0.05, 0) is 44.2 Å². The quantitative estimate of drug-likeness (QED) is 0.309. The molecule has 1 saturated heterocycles. The first-order valence-corrected chi connectivity index (χ1v) is 14.5. The highest BCUT2D eigenvalue weighted by Gasteiger charge is 2.38. The van der Waals surface area contributed by atoms with Crippen molar-refractivity contribution in [2.45, 2.75) is 57.4 Å².